The molecule has 1 N–H and O–H groups in total. The van der Waals surface area contributed by atoms with Crippen LogP contribution in [0, 0.1) is 17.0 Å². The van der Waals surface area contributed by atoms with E-state index >= 15 is 0 Å². The molecule has 0 radical (unpaired) electrons. The van der Waals surface area contributed by atoms with E-state index < -0.39 is 4.92 Å². The van der Waals surface area contributed by atoms with Gasteiger partial charge in [0.25, 0.3) is 5.82 Å². The molecule has 1 aromatic heterocycles. The van der Waals surface area contributed by atoms with Gasteiger partial charge in [-0.05, 0) is 11.8 Å². The first-order chi connectivity index (χ1) is 5.15. The molecule has 0 atom stereocenters. The Morgan fingerprint density at radius 1 is 1.73 bits per heavy atom. The lowest BCUT2D eigenvalue weighted by Gasteiger charge is -1.87. The van der Waals surface area contributed by atoms with Gasteiger partial charge in [-0.3, -0.25) is 4.79 Å². The summed E-state index contributed by atoms with van der Waals surface area (Å²) in [7, 11) is 0. The van der Waals surface area contributed by atoms with Crippen LogP contribution in [0.3, 0.4) is 0 Å². The molecule has 58 valence electrons. The molecular formula is C5H5N3O3. The van der Waals surface area contributed by atoms with Crippen LogP contribution in [0.15, 0.2) is 0 Å². The number of imidazole rings is 1. The Labute approximate surface area is 61.4 Å². The van der Waals surface area contributed by atoms with Gasteiger partial charge in [0.2, 0.25) is 6.29 Å². The predicted molar refractivity (Wildman–Crippen MR) is 35.4 cm³/mol. The molecule has 11 heavy (non-hydrogen) atoms. The van der Waals surface area contributed by atoms with Crippen molar-refractivity contribution >= 4 is 12.1 Å². The molecule has 0 fully saturated rings. The van der Waals surface area contributed by atoms with Crippen LogP contribution < -0.4 is 0 Å². The van der Waals surface area contributed by atoms with Crippen LogP contribution in [0.2, 0.25) is 0 Å². The summed E-state index contributed by atoms with van der Waals surface area (Å²) >= 11 is 0. The number of aryl methyl sites for hydroxylation is 1. The molecule has 0 saturated heterocycles. The van der Waals surface area contributed by atoms with Crippen LogP contribution in [0.25, 0.3) is 0 Å². The smallest absolute Gasteiger partial charge is 0.343 e. The highest BCUT2D eigenvalue weighted by Crippen LogP contribution is 2.11. The van der Waals surface area contributed by atoms with Crippen LogP contribution in [0.4, 0.5) is 5.82 Å². The summed E-state index contributed by atoms with van der Waals surface area (Å²) in [5.41, 5.74) is 0.220. The SMILES string of the molecule is Cc1nc(C=O)[nH]c1[N+](=O)[O-]. The van der Waals surface area contributed by atoms with Gasteiger partial charge < -0.3 is 10.1 Å². The van der Waals surface area contributed by atoms with Gasteiger partial charge in [-0.2, -0.15) is 0 Å². The summed E-state index contributed by atoms with van der Waals surface area (Å²) in [5, 5.41) is 10.2. The number of hydrogen-bond acceptors (Lipinski definition) is 4. The second kappa shape index (κ2) is 2.49. The molecule has 0 aliphatic carbocycles. The molecule has 1 heterocycles. The zero-order chi connectivity index (χ0) is 8.43. The highest BCUT2D eigenvalue weighted by molar-refractivity contribution is 5.69. The van der Waals surface area contributed by atoms with Crippen molar-refractivity contribution in [2.45, 2.75) is 6.92 Å². The Morgan fingerprint density at radius 2 is 2.36 bits per heavy atom. The number of aromatic amines is 1. The third kappa shape index (κ3) is 1.23. The van der Waals surface area contributed by atoms with Crippen molar-refractivity contribution in [1.82, 2.24) is 9.97 Å². The van der Waals surface area contributed by atoms with Gasteiger partial charge in [-0.25, -0.2) is 9.97 Å². The molecule has 1 aromatic rings. The first kappa shape index (κ1) is 7.39. The average molecular weight is 155 g/mol. The van der Waals surface area contributed by atoms with E-state index in [1.807, 2.05) is 0 Å². The summed E-state index contributed by atoms with van der Waals surface area (Å²) in [4.78, 5) is 25.5. The van der Waals surface area contributed by atoms with Crippen LogP contribution in [0.1, 0.15) is 16.3 Å². The largest absolute Gasteiger partial charge is 0.358 e. The standard InChI is InChI=1S/C5H5N3O3/c1-3-5(8(10)11)7-4(2-9)6-3/h2H,1H3,(H,6,7). The van der Waals surface area contributed by atoms with Gasteiger partial charge in [0, 0.05) is 0 Å². The van der Waals surface area contributed by atoms with Crippen LogP contribution in [-0.4, -0.2) is 21.2 Å². The van der Waals surface area contributed by atoms with E-state index in [9.17, 15) is 14.9 Å². The lowest BCUT2D eigenvalue weighted by atomic mass is 10.5. The fraction of sp³-hybridized carbons (Fsp3) is 0.200. The number of rotatable bonds is 2. The quantitative estimate of drug-likeness (QED) is 0.381. The summed E-state index contributed by atoms with van der Waals surface area (Å²) in [6.07, 6.45) is 0.431. The fourth-order valence-electron chi connectivity index (χ4n) is 0.707. The minimum absolute atomic E-state index is 0.0193. The van der Waals surface area contributed by atoms with Gasteiger partial charge in [0.15, 0.2) is 0 Å². The van der Waals surface area contributed by atoms with Crippen molar-refractivity contribution in [3.8, 4) is 0 Å². The normalized spacial score (nSPS) is 9.55. The topological polar surface area (TPSA) is 88.9 Å². The van der Waals surface area contributed by atoms with E-state index in [0.29, 0.717) is 6.29 Å². The van der Waals surface area contributed by atoms with E-state index in [0.717, 1.165) is 0 Å². The number of nitrogens with one attached hydrogen (secondary N) is 1. The van der Waals surface area contributed by atoms with Crippen molar-refractivity contribution in [2.75, 3.05) is 0 Å². The number of nitro groups is 1. The number of aldehydes is 1. The molecule has 0 bridgehead atoms. The number of carbonyl (C=O) groups is 1. The van der Waals surface area contributed by atoms with E-state index in [1.54, 1.807) is 0 Å². The minimum Gasteiger partial charge on any atom is -0.358 e. The number of carbonyl (C=O) groups excluding carboxylic acids is 1. The molecule has 0 saturated carbocycles. The fourth-order valence-corrected chi connectivity index (χ4v) is 0.707. The molecule has 6 heteroatoms. The van der Waals surface area contributed by atoms with Crippen LogP contribution in [-0.2, 0) is 0 Å². The maximum Gasteiger partial charge on any atom is 0.343 e. The van der Waals surface area contributed by atoms with Gasteiger partial charge in [0.1, 0.15) is 5.69 Å². The molecule has 0 amide bonds. The first-order valence-corrected chi connectivity index (χ1v) is 2.81. The Bertz CT molecular complexity index is 304. The van der Waals surface area contributed by atoms with Crippen molar-refractivity contribution in [1.29, 1.82) is 0 Å². The molecule has 0 aliphatic heterocycles. The second-order valence-electron chi connectivity index (χ2n) is 1.93. The Hall–Kier alpha value is -1.72. The Balaban J connectivity index is 3.16. The maximum atomic E-state index is 10.2. The van der Waals surface area contributed by atoms with Crippen LogP contribution >= 0.6 is 0 Å². The van der Waals surface area contributed by atoms with Crippen molar-refractivity contribution in [3.05, 3.63) is 21.6 Å². The van der Waals surface area contributed by atoms with E-state index in [1.165, 1.54) is 6.92 Å². The third-order valence-electron chi connectivity index (χ3n) is 1.17. The lowest BCUT2D eigenvalue weighted by Crippen LogP contribution is -1.89. The summed E-state index contributed by atoms with van der Waals surface area (Å²) < 4.78 is 0. The van der Waals surface area contributed by atoms with Gasteiger partial charge in [-0.15, -0.1) is 0 Å². The third-order valence-corrected chi connectivity index (χ3v) is 1.17. The average Bonchev–Trinajstić information content (AvgIpc) is 2.30. The Morgan fingerprint density at radius 3 is 2.64 bits per heavy atom. The monoisotopic (exact) mass is 155 g/mol. The van der Waals surface area contributed by atoms with Gasteiger partial charge >= 0.3 is 5.82 Å². The predicted octanol–water partition coefficient (Wildman–Crippen LogP) is 0.439. The maximum absolute atomic E-state index is 10.2. The lowest BCUT2D eigenvalue weighted by molar-refractivity contribution is -0.389. The minimum atomic E-state index is -0.616. The molecule has 0 spiro atoms. The van der Waals surface area contributed by atoms with E-state index in [4.69, 9.17) is 0 Å². The van der Waals surface area contributed by atoms with E-state index in [-0.39, 0.29) is 17.3 Å². The molecule has 0 unspecified atom stereocenters. The summed E-state index contributed by atoms with van der Waals surface area (Å²) in [6, 6.07) is 0. The molecule has 0 aliphatic rings. The van der Waals surface area contributed by atoms with Crippen LogP contribution in [0.5, 0.6) is 0 Å². The highest BCUT2D eigenvalue weighted by atomic mass is 16.6. The molecule has 1 rings (SSSR count). The Kier molecular flexibility index (Phi) is 1.67. The molecule has 6 nitrogen and oxygen atoms in total. The number of H-pyrrole nitrogens is 1. The summed E-state index contributed by atoms with van der Waals surface area (Å²) in [5.74, 6) is -0.249. The second-order valence-corrected chi connectivity index (χ2v) is 1.93. The van der Waals surface area contributed by atoms with Crippen molar-refractivity contribution in [2.24, 2.45) is 0 Å². The van der Waals surface area contributed by atoms with Crippen molar-refractivity contribution < 1.29 is 9.72 Å². The van der Waals surface area contributed by atoms with Crippen molar-refractivity contribution in [3.63, 3.8) is 0 Å². The van der Waals surface area contributed by atoms with Gasteiger partial charge in [-0.1, -0.05) is 0 Å². The molecular weight excluding hydrogens is 150 g/mol. The number of hydrogen-bond donors (Lipinski definition) is 1. The molecule has 0 aromatic carbocycles. The van der Waals surface area contributed by atoms with Gasteiger partial charge in [0.05, 0.1) is 0 Å². The number of nitrogens with zero attached hydrogens (tertiary/aromatic N) is 2. The van der Waals surface area contributed by atoms with E-state index in [2.05, 4.69) is 9.97 Å². The first-order valence-electron chi connectivity index (χ1n) is 2.81. The zero-order valence-corrected chi connectivity index (χ0v) is 5.70. The summed E-state index contributed by atoms with van der Waals surface area (Å²) in [6.45, 7) is 1.46. The highest BCUT2D eigenvalue weighted by Gasteiger charge is 2.14. The zero-order valence-electron chi connectivity index (χ0n) is 5.70. The number of aromatic nitrogens is 2.